The van der Waals surface area contributed by atoms with Crippen molar-refractivity contribution in [2.75, 3.05) is 31.2 Å². The largest absolute Gasteiger partial charge is 0.393 e. The van der Waals surface area contributed by atoms with Crippen LogP contribution in [0.2, 0.25) is 0 Å². The minimum atomic E-state index is -1.36. The van der Waals surface area contributed by atoms with Crippen LogP contribution in [0.25, 0.3) is 0 Å². The van der Waals surface area contributed by atoms with Crippen LogP contribution in [0.1, 0.15) is 58.3 Å². The Hall–Kier alpha value is -1.74. The third-order valence-electron chi connectivity index (χ3n) is 4.48. The molecule has 1 unspecified atom stereocenters. The van der Waals surface area contributed by atoms with Crippen molar-refractivity contribution in [3.05, 3.63) is 60.8 Å². The monoisotopic (exact) mass is 524 g/mol. The summed E-state index contributed by atoms with van der Waals surface area (Å²) in [6.45, 7) is 2.62. The molecule has 8 heteroatoms. The van der Waals surface area contributed by atoms with Crippen LogP contribution in [-0.4, -0.2) is 59.3 Å². The van der Waals surface area contributed by atoms with E-state index in [4.69, 9.17) is 10.2 Å². The van der Waals surface area contributed by atoms with E-state index in [-0.39, 0.29) is 5.91 Å². The van der Waals surface area contributed by atoms with Crippen molar-refractivity contribution in [1.29, 1.82) is 0 Å². The molecule has 6 nitrogen and oxygen atoms in total. The van der Waals surface area contributed by atoms with Crippen LogP contribution in [0.15, 0.2) is 60.8 Å². The van der Waals surface area contributed by atoms with Crippen LogP contribution >= 0.6 is 21.6 Å². The standard InChI is InChI=1S/C27H44N2O4S2/c1-2-3-4-5-6-7-8-9-10-11-12-13-14-15-16-17-18-19-26(32)28-20-22-34-35-23-21-29-27(33)25(31)24-30/h3-4,6-7,9-10,12-13,15-16,25,30-31H,2,5,8,11,14,17-24H2,1H3,(H,28,32)(H,29,33). The first kappa shape index (κ1) is 33.3. The maximum atomic E-state index is 11.8. The lowest BCUT2D eigenvalue weighted by Crippen LogP contribution is -2.37. The molecule has 0 aromatic carbocycles. The zero-order valence-corrected chi connectivity index (χ0v) is 22.7. The van der Waals surface area contributed by atoms with Crippen molar-refractivity contribution in [2.24, 2.45) is 0 Å². The second kappa shape index (κ2) is 26.9. The molecule has 2 amide bonds. The van der Waals surface area contributed by atoms with Gasteiger partial charge in [-0.3, -0.25) is 9.59 Å². The molecule has 1 atom stereocenters. The number of hydrogen-bond acceptors (Lipinski definition) is 6. The highest BCUT2D eigenvalue weighted by Gasteiger charge is 2.11. The quantitative estimate of drug-likeness (QED) is 0.0916. The topological polar surface area (TPSA) is 98.7 Å². The summed E-state index contributed by atoms with van der Waals surface area (Å²) in [7, 11) is 3.21. The zero-order valence-electron chi connectivity index (χ0n) is 21.1. The van der Waals surface area contributed by atoms with Crippen LogP contribution in [0.5, 0.6) is 0 Å². The first-order chi connectivity index (χ1) is 17.1. The normalized spacial score (nSPS) is 13.1. The molecule has 0 saturated carbocycles. The molecule has 0 heterocycles. The number of carbonyl (C=O) groups is 2. The molecule has 0 fully saturated rings. The molecule has 35 heavy (non-hydrogen) atoms. The molecular weight excluding hydrogens is 480 g/mol. The molecular formula is C27H44N2O4S2. The summed E-state index contributed by atoms with van der Waals surface area (Å²) < 4.78 is 0. The summed E-state index contributed by atoms with van der Waals surface area (Å²) in [5.41, 5.74) is 0. The van der Waals surface area contributed by atoms with Crippen molar-refractivity contribution < 1.29 is 19.8 Å². The van der Waals surface area contributed by atoms with E-state index in [1.807, 2.05) is 0 Å². The molecule has 4 N–H and O–H groups in total. The zero-order chi connectivity index (χ0) is 25.8. The molecule has 0 aliphatic carbocycles. The first-order valence-electron chi connectivity index (χ1n) is 12.4. The number of aliphatic hydroxyl groups is 2. The van der Waals surface area contributed by atoms with E-state index in [9.17, 15) is 9.59 Å². The minimum absolute atomic E-state index is 0.0770. The van der Waals surface area contributed by atoms with Gasteiger partial charge < -0.3 is 20.8 Å². The third-order valence-corrected chi connectivity index (χ3v) is 6.89. The number of amides is 2. The van der Waals surface area contributed by atoms with Gasteiger partial charge in [-0.05, 0) is 44.9 Å². The molecule has 0 aromatic rings. The number of aliphatic hydroxyl groups excluding tert-OH is 2. The van der Waals surface area contributed by atoms with Crippen molar-refractivity contribution in [2.45, 2.75) is 64.4 Å². The SMILES string of the molecule is CCC=CCC=CCC=CCC=CCC=CCCCC(=O)NCCSSCCNC(=O)C(O)CO. The second-order valence-electron chi connectivity index (χ2n) is 7.58. The predicted octanol–water partition coefficient (Wildman–Crippen LogP) is 4.88. The predicted molar refractivity (Wildman–Crippen MR) is 152 cm³/mol. The minimum Gasteiger partial charge on any atom is -0.393 e. The summed E-state index contributed by atoms with van der Waals surface area (Å²) in [5.74, 6) is 0.997. The lowest BCUT2D eigenvalue weighted by molar-refractivity contribution is -0.131. The molecule has 0 aliphatic rings. The maximum Gasteiger partial charge on any atom is 0.251 e. The smallest absolute Gasteiger partial charge is 0.251 e. The average Bonchev–Trinajstić information content (AvgIpc) is 2.86. The van der Waals surface area contributed by atoms with E-state index in [0.29, 0.717) is 25.3 Å². The summed E-state index contributed by atoms with van der Waals surface area (Å²) in [6, 6.07) is 0. The van der Waals surface area contributed by atoms with Crippen molar-refractivity contribution in [3.63, 3.8) is 0 Å². The van der Waals surface area contributed by atoms with E-state index >= 15 is 0 Å². The van der Waals surface area contributed by atoms with Crippen LogP contribution < -0.4 is 10.6 Å². The van der Waals surface area contributed by atoms with Gasteiger partial charge in [0.05, 0.1) is 6.61 Å². The fourth-order valence-corrected chi connectivity index (χ4v) is 4.42. The molecule has 198 valence electrons. The van der Waals surface area contributed by atoms with Crippen molar-refractivity contribution in [3.8, 4) is 0 Å². The number of unbranched alkanes of at least 4 members (excludes halogenated alkanes) is 1. The number of nitrogens with one attached hydrogen (secondary N) is 2. The average molecular weight is 525 g/mol. The Balaban J connectivity index is 3.49. The van der Waals surface area contributed by atoms with E-state index in [2.05, 4.69) is 78.3 Å². The molecule has 0 saturated heterocycles. The molecule has 0 spiro atoms. The van der Waals surface area contributed by atoms with Crippen molar-refractivity contribution in [1.82, 2.24) is 10.6 Å². The van der Waals surface area contributed by atoms with Gasteiger partial charge in [-0.15, -0.1) is 0 Å². The number of rotatable bonds is 22. The van der Waals surface area contributed by atoms with Gasteiger partial charge in [0.15, 0.2) is 6.10 Å². The van der Waals surface area contributed by atoms with Gasteiger partial charge in [0.2, 0.25) is 5.91 Å². The first-order valence-corrected chi connectivity index (χ1v) is 14.9. The van der Waals surface area contributed by atoms with Crippen LogP contribution in [0.3, 0.4) is 0 Å². The number of hydrogen-bond donors (Lipinski definition) is 4. The molecule has 0 rings (SSSR count). The third kappa shape index (κ3) is 25.2. The fraction of sp³-hybridized carbons (Fsp3) is 0.556. The van der Waals surface area contributed by atoms with Crippen LogP contribution in [0, 0.1) is 0 Å². The Bertz CT molecular complexity index is 676. The fourth-order valence-electron chi connectivity index (χ4n) is 2.60. The van der Waals surface area contributed by atoms with Gasteiger partial charge in [-0.2, -0.15) is 0 Å². The van der Waals surface area contributed by atoms with E-state index in [0.717, 1.165) is 50.7 Å². The highest BCUT2D eigenvalue weighted by Crippen LogP contribution is 2.19. The molecule has 0 bridgehead atoms. The van der Waals surface area contributed by atoms with Gasteiger partial charge >= 0.3 is 0 Å². The summed E-state index contributed by atoms with van der Waals surface area (Å²) in [4.78, 5) is 23.1. The van der Waals surface area contributed by atoms with Gasteiger partial charge in [0.25, 0.3) is 5.91 Å². The van der Waals surface area contributed by atoms with Crippen LogP contribution in [-0.2, 0) is 9.59 Å². The lowest BCUT2D eigenvalue weighted by Gasteiger charge is -2.08. The second-order valence-corrected chi connectivity index (χ2v) is 10.3. The van der Waals surface area contributed by atoms with Gasteiger partial charge in [-0.1, -0.05) is 89.3 Å². The van der Waals surface area contributed by atoms with E-state index in [1.165, 1.54) is 0 Å². The lowest BCUT2D eigenvalue weighted by atomic mass is 10.2. The highest BCUT2D eigenvalue weighted by molar-refractivity contribution is 8.76. The number of allylic oxidation sites excluding steroid dienone is 10. The Morgan fingerprint density at radius 1 is 0.771 bits per heavy atom. The summed E-state index contributed by atoms with van der Waals surface area (Å²) >= 11 is 0. The van der Waals surface area contributed by atoms with Gasteiger partial charge in [-0.25, -0.2) is 0 Å². The van der Waals surface area contributed by atoms with Crippen LogP contribution in [0.4, 0.5) is 0 Å². The van der Waals surface area contributed by atoms with E-state index < -0.39 is 18.6 Å². The highest BCUT2D eigenvalue weighted by atomic mass is 33.1. The summed E-state index contributed by atoms with van der Waals surface area (Å²) in [5, 5.41) is 23.2. The Labute approximate surface area is 219 Å². The van der Waals surface area contributed by atoms with E-state index in [1.54, 1.807) is 21.6 Å². The maximum absolute atomic E-state index is 11.8. The van der Waals surface area contributed by atoms with Crippen molar-refractivity contribution >= 4 is 33.4 Å². The molecule has 0 aromatic heterocycles. The van der Waals surface area contributed by atoms with Gasteiger partial charge in [0.1, 0.15) is 0 Å². The summed E-state index contributed by atoms with van der Waals surface area (Å²) in [6.07, 6.45) is 27.7. The number of carbonyl (C=O) groups excluding carboxylic acids is 2. The Morgan fingerprint density at radius 3 is 1.77 bits per heavy atom. The molecule has 0 aliphatic heterocycles. The van der Waals surface area contributed by atoms with Gasteiger partial charge in [0, 0.05) is 31.0 Å². The molecule has 0 radical (unpaired) electrons. The Morgan fingerprint density at radius 2 is 1.26 bits per heavy atom. The Kier molecular flexibility index (Phi) is 25.5.